The molecule has 3 aromatic carbocycles. The highest BCUT2D eigenvalue weighted by Gasteiger charge is 2.15. The summed E-state index contributed by atoms with van der Waals surface area (Å²) >= 11 is 11.4. The fourth-order valence-electron chi connectivity index (χ4n) is 2.98. The van der Waals surface area contributed by atoms with Gasteiger partial charge in [0.1, 0.15) is 17.2 Å². The summed E-state index contributed by atoms with van der Waals surface area (Å²) in [5.74, 6) is 0.522. The highest BCUT2D eigenvalue weighted by Crippen LogP contribution is 2.29. The first-order chi connectivity index (χ1) is 16.3. The standard InChI is InChI=1S/C24H22ClN3O5S/c1-31-16-10-14(11-17(13-16)32-2)22(29)28-24(34)26-15-8-9-20(21(12-15)33-3)27-23(30)18-6-4-5-7-19(18)25/h4-13H,1-3H3,(H,27,30)(H2,26,28,29,34). The molecule has 0 fully saturated rings. The Morgan fingerprint density at radius 1 is 0.824 bits per heavy atom. The molecule has 3 rings (SSSR count). The van der Waals surface area contributed by atoms with Crippen LogP contribution in [0.25, 0.3) is 0 Å². The van der Waals surface area contributed by atoms with E-state index in [1.807, 2.05) is 0 Å². The Balaban J connectivity index is 1.69. The molecule has 3 N–H and O–H groups in total. The third kappa shape index (κ3) is 6.15. The first kappa shape index (κ1) is 24.8. The van der Waals surface area contributed by atoms with Crippen molar-refractivity contribution in [3.63, 3.8) is 0 Å². The van der Waals surface area contributed by atoms with Gasteiger partial charge < -0.3 is 24.8 Å². The van der Waals surface area contributed by atoms with Crippen LogP contribution in [0.2, 0.25) is 5.02 Å². The van der Waals surface area contributed by atoms with E-state index < -0.39 is 5.91 Å². The summed E-state index contributed by atoms with van der Waals surface area (Å²) in [5.41, 5.74) is 1.64. The number of carbonyl (C=O) groups excluding carboxylic acids is 2. The minimum Gasteiger partial charge on any atom is -0.497 e. The Morgan fingerprint density at radius 2 is 1.50 bits per heavy atom. The van der Waals surface area contributed by atoms with E-state index in [0.29, 0.717) is 44.8 Å². The number of rotatable bonds is 7. The van der Waals surface area contributed by atoms with Gasteiger partial charge in [0.2, 0.25) is 0 Å². The summed E-state index contributed by atoms with van der Waals surface area (Å²) in [6, 6.07) is 16.5. The molecule has 0 heterocycles. The number of carbonyl (C=O) groups is 2. The molecule has 176 valence electrons. The second-order valence-corrected chi connectivity index (χ2v) is 7.67. The molecular formula is C24H22ClN3O5S. The smallest absolute Gasteiger partial charge is 0.257 e. The maximum absolute atomic E-state index is 12.6. The number of halogens is 1. The van der Waals surface area contributed by atoms with E-state index in [2.05, 4.69) is 16.0 Å². The third-order valence-electron chi connectivity index (χ3n) is 4.67. The Labute approximate surface area is 207 Å². The van der Waals surface area contributed by atoms with E-state index in [1.165, 1.54) is 21.3 Å². The molecule has 2 amide bonds. The second-order valence-electron chi connectivity index (χ2n) is 6.86. The highest BCUT2D eigenvalue weighted by molar-refractivity contribution is 7.80. The number of anilines is 2. The molecule has 0 atom stereocenters. The largest absolute Gasteiger partial charge is 0.497 e. The highest BCUT2D eigenvalue weighted by atomic mass is 35.5. The lowest BCUT2D eigenvalue weighted by atomic mass is 10.2. The summed E-state index contributed by atoms with van der Waals surface area (Å²) in [6.45, 7) is 0. The van der Waals surface area contributed by atoms with E-state index in [4.69, 9.17) is 38.0 Å². The van der Waals surface area contributed by atoms with E-state index in [-0.39, 0.29) is 11.0 Å². The minimum atomic E-state index is -0.440. The topological polar surface area (TPSA) is 97.9 Å². The van der Waals surface area contributed by atoms with Crippen molar-refractivity contribution in [1.82, 2.24) is 5.32 Å². The van der Waals surface area contributed by atoms with Gasteiger partial charge in [-0.2, -0.15) is 0 Å². The van der Waals surface area contributed by atoms with Crippen molar-refractivity contribution in [3.8, 4) is 17.2 Å². The van der Waals surface area contributed by atoms with E-state index in [9.17, 15) is 9.59 Å². The maximum atomic E-state index is 12.6. The molecule has 0 aromatic heterocycles. The molecule has 0 spiro atoms. The summed E-state index contributed by atoms with van der Waals surface area (Å²) in [6.07, 6.45) is 0. The molecule has 0 saturated carbocycles. The molecule has 0 saturated heterocycles. The first-order valence-electron chi connectivity index (χ1n) is 9.94. The molecule has 0 radical (unpaired) electrons. The number of methoxy groups -OCH3 is 3. The first-order valence-corrected chi connectivity index (χ1v) is 10.7. The SMILES string of the molecule is COc1cc(OC)cc(C(=O)NC(=S)Nc2ccc(NC(=O)c3ccccc3Cl)c(OC)c2)c1. The van der Waals surface area contributed by atoms with Crippen LogP contribution in [0.4, 0.5) is 11.4 Å². The van der Waals surface area contributed by atoms with Crippen molar-refractivity contribution < 1.29 is 23.8 Å². The van der Waals surface area contributed by atoms with Crippen LogP contribution in [0.1, 0.15) is 20.7 Å². The van der Waals surface area contributed by atoms with Crippen LogP contribution in [0.3, 0.4) is 0 Å². The molecule has 3 aromatic rings. The number of nitrogens with one attached hydrogen (secondary N) is 3. The van der Waals surface area contributed by atoms with Gasteiger partial charge in [0, 0.05) is 23.4 Å². The van der Waals surface area contributed by atoms with Crippen LogP contribution in [-0.2, 0) is 0 Å². The van der Waals surface area contributed by atoms with E-state index >= 15 is 0 Å². The normalized spacial score (nSPS) is 10.1. The monoisotopic (exact) mass is 499 g/mol. The molecule has 0 bridgehead atoms. The molecule has 0 aliphatic heterocycles. The van der Waals surface area contributed by atoms with Gasteiger partial charge in [-0.3, -0.25) is 14.9 Å². The van der Waals surface area contributed by atoms with Crippen LogP contribution in [0.15, 0.2) is 60.7 Å². The predicted octanol–water partition coefficient (Wildman–Crippen LogP) is 4.74. The Bertz CT molecular complexity index is 1210. The molecule has 10 heteroatoms. The van der Waals surface area contributed by atoms with Gasteiger partial charge in [-0.1, -0.05) is 23.7 Å². The van der Waals surface area contributed by atoms with Gasteiger partial charge in [-0.25, -0.2) is 0 Å². The van der Waals surface area contributed by atoms with Gasteiger partial charge in [-0.05, 0) is 48.6 Å². The second kappa shape index (κ2) is 11.4. The number of amides is 2. The summed E-state index contributed by atoms with van der Waals surface area (Å²) < 4.78 is 15.8. The summed E-state index contributed by atoms with van der Waals surface area (Å²) in [4.78, 5) is 25.2. The number of thiocarbonyl (C=S) groups is 1. The Morgan fingerprint density at radius 3 is 2.12 bits per heavy atom. The van der Waals surface area contributed by atoms with Gasteiger partial charge in [0.05, 0.1) is 37.6 Å². The van der Waals surface area contributed by atoms with E-state index in [1.54, 1.807) is 60.7 Å². The number of ether oxygens (including phenoxy) is 3. The van der Waals surface area contributed by atoms with E-state index in [0.717, 1.165) is 0 Å². The van der Waals surface area contributed by atoms with Gasteiger partial charge in [-0.15, -0.1) is 0 Å². The molecular weight excluding hydrogens is 478 g/mol. The van der Waals surface area contributed by atoms with Gasteiger partial charge in [0.15, 0.2) is 5.11 Å². The van der Waals surface area contributed by atoms with Crippen molar-refractivity contribution in [3.05, 3.63) is 76.8 Å². The van der Waals surface area contributed by atoms with Crippen LogP contribution in [0, 0.1) is 0 Å². The lowest BCUT2D eigenvalue weighted by Gasteiger charge is -2.14. The lowest BCUT2D eigenvalue weighted by Crippen LogP contribution is -2.34. The number of benzene rings is 3. The quantitative estimate of drug-likeness (QED) is 0.404. The van der Waals surface area contributed by atoms with Crippen LogP contribution in [0.5, 0.6) is 17.2 Å². The molecule has 0 unspecified atom stereocenters. The van der Waals surface area contributed by atoms with Gasteiger partial charge in [0.25, 0.3) is 11.8 Å². The minimum absolute atomic E-state index is 0.0710. The fourth-order valence-corrected chi connectivity index (χ4v) is 3.42. The summed E-state index contributed by atoms with van der Waals surface area (Å²) in [5, 5.41) is 8.71. The van der Waals surface area contributed by atoms with Crippen molar-refractivity contribution in [1.29, 1.82) is 0 Å². The number of hydrogen-bond donors (Lipinski definition) is 3. The lowest BCUT2D eigenvalue weighted by molar-refractivity contribution is 0.0975. The third-order valence-corrected chi connectivity index (χ3v) is 5.20. The van der Waals surface area contributed by atoms with Crippen molar-refractivity contribution in [2.24, 2.45) is 0 Å². The van der Waals surface area contributed by atoms with Crippen molar-refractivity contribution in [2.75, 3.05) is 32.0 Å². The molecule has 0 aliphatic rings. The average molecular weight is 500 g/mol. The summed E-state index contributed by atoms with van der Waals surface area (Å²) in [7, 11) is 4.47. The molecule has 8 nitrogen and oxygen atoms in total. The number of hydrogen-bond acceptors (Lipinski definition) is 6. The van der Waals surface area contributed by atoms with Crippen molar-refractivity contribution >= 4 is 52.1 Å². The fraction of sp³-hybridized carbons (Fsp3) is 0.125. The Hall–Kier alpha value is -3.82. The molecule has 34 heavy (non-hydrogen) atoms. The predicted molar refractivity (Wildman–Crippen MR) is 136 cm³/mol. The Kier molecular flexibility index (Phi) is 8.29. The molecule has 0 aliphatic carbocycles. The van der Waals surface area contributed by atoms with Crippen LogP contribution >= 0.6 is 23.8 Å². The van der Waals surface area contributed by atoms with Crippen molar-refractivity contribution in [2.45, 2.75) is 0 Å². The zero-order valence-electron chi connectivity index (χ0n) is 18.6. The van der Waals surface area contributed by atoms with Crippen LogP contribution < -0.4 is 30.2 Å². The zero-order chi connectivity index (χ0) is 24.7. The average Bonchev–Trinajstić information content (AvgIpc) is 2.84. The zero-order valence-corrected chi connectivity index (χ0v) is 20.2. The maximum Gasteiger partial charge on any atom is 0.257 e. The van der Waals surface area contributed by atoms with Crippen LogP contribution in [-0.4, -0.2) is 38.3 Å². The van der Waals surface area contributed by atoms with Gasteiger partial charge >= 0.3 is 0 Å².